The average molecular weight is 325 g/mol. The molecule has 0 fully saturated rings. The number of nitro groups is 1. The number of nitro benzene ring substituents is 1. The Hall–Kier alpha value is -2.86. The van der Waals surface area contributed by atoms with E-state index >= 15 is 0 Å². The highest BCUT2D eigenvalue weighted by atomic mass is 16.6. The van der Waals surface area contributed by atoms with Gasteiger partial charge in [0.05, 0.1) is 11.5 Å². The van der Waals surface area contributed by atoms with Crippen LogP contribution in [0.5, 0.6) is 0 Å². The van der Waals surface area contributed by atoms with E-state index < -0.39 is 4.92 Å². The monoisotopic (exact) mass is 325 g/mol. The SMILES string of the molecule is Cc1cccc2c(CCNc3cc(CO)ccc3[N+](=O)[O-])c[nH]c12. The van der Waals surface area contributed by atoms with Crippen LogP contribution in [0.2, 0.25) is 0 Å². The Kier molecular flexibility index (Phi) is 4.48. The van der Waals surface area contributed by atoms with Crippen LogP contribution in [0.1, 0.15) is 16.7 Å². The average Bonchev–Trinajstić information content (AvgIpc) is 2.99. The van der Waals surface area contributed by atoms with Crippen LogP contribution in [0.15, 0.2) is 42.6 Å². The normalized spacial score (nSPS) is 10.9. The van der Waals surface area contributed by atoms with Crippen LogP contribution in [-0.4, -0.2) is 21.6 Å². The summed E-state index contributed by atoms with van der Waals surface area (Å²) in [6.07, 6.45) is 2.72. The van der Waals surface area contributed by atoms with Gasteiger partial charge in [0.2, 0.25) is 0 Å². The van der Waals surface area contributed by atoms with Crippen molar-refractivity contribution in [2.75, 3.05) is 11.9 Å². The predicted octanol–water partition coefficient (Wildman–Crippen LogP) is 3.53. The van der Waals surface area contributed by atoms with Crippen molar-refractivity contribution >= 4 is 22.3 Å². The number of aliphatic hydroxyl groups is 1. The number of benzene rings is 2. The van der Waals surface area contributed by atoms with E-state index in [1.165, 1.54) is 22.6 Å². The highest BCUT2D eigenvalue weighted by molar-refractivity contribution is 5.85. The molecule has 0 aliphatic carbocycles. The fraction of sp³-hybridized carbons (Fsp3) is 0.222. The molecule has 6 nitrogen and oxygen atoms in total. The summed E-state index contributed by atoms with van der Waals surface area (Å²) < 4.78 is 0. The number of H-pyrrole nitrogens is 1. The number of aryl methyl sites for hydroxylation is 1. The Bertz CT molecular complexity index is 886. The number of nitrogens with zero attached hydrogens (tertiary/aromatic N) is 1. The molecule has 3 rings (SSSR count). The molecule has 1 heterocycles. The number of nitrogens with one attached hydrogen (secondary N) is 2. The first-order valence-corrected chi connectivity index (χ1v) is 7.78. The number of rotatable bonds is 6. The first-order chi connectivity index (χ1) is 11.6. The minimum absolute atomic E-state index is 0.0157. The number of anilines is 1. The first-order valence-electron chi connectivity index (χ1n) is 7.78. The number of para-hydroxylation sites is 1. The number of hydrogen-bond acceptors (Lipinski definition) is 4. The zero-order valence-electron chi connectivity index (χ0n) is 13.4. The molecule has 0 aliphatic heterocycles. The maximum Gasteiger partial charge on any atom is 0.292 e. The van der Waals surface area contributed by atoms with E-state index in [0.717, 1.165) is 11.9 Å². The molecule has 24 heavy (non-hydrogen) atoms. The van der Waals surface area contributed by atoms with Crippen molar-refractivity contribution in [3.63, 3.8) is 0 Å². The second-order valence-electron chi connectivity index (χ2n) is 5.75. The molecule has 0 unspecified atom stereocenters. The van der Waals surface area contributed by atoms with Gasteiger partial charge >= 0.3 is 0 Å². The Morgan fingerprint density at radius 2 is 2.12 bits per heavy atom. The third kappa shape index (κ3) is 3.09. The molecule has 0 bridgehead atoms. The van der Waals surface area contributed by atoms with E-state index in [-0.39, 0.29) is 12.3 Å². The standard InChI is InChI=1S/C18H19N3O3/c1-12-3-2-4-15-14(10-20-18(12)15)7-8-19-16-9-13(11-22)5-6-17(16)21(23)24/h2-6,9-10,19-20,22H,7-8,11H2,1H3. The highest BCUT2D eigenvalue weighted by Gasteiger charge is 2.14. The molecule has 124 valence electrons. The third-order valence-corrected chi connectivity index (χ3v) is 4.16. The van der Waals surface area contributed by atoms with Gasteiger partial charge < -0.3 is 15.4 Å². The molecule has 0 aliphatic rings. The molecule has 1 aromatic heterocycles. The van der Waals surface area contributed by atoms with Crippen LogP contribution in [0.25, 0.3) is 10.9 Å². The molecule has 0 saturated heterocycles. The minimum atomic E-state index is -0.418. The van der Waals surface area contributed by atoms with Crippen molar-refractivity contribution in [3.05, 3.63) is 69.4 Å². The highest BCUT2D eigenvalue weighted by Crippen LogP contribution is 2.26. The summed E-state index contributed by atoms with van der Waals surface area (Å²) >= 11 is 0. The smallest absolute Gasteiger partial charge is 0.292 e. The number of fused-ring (bicyclic) bond motifs is 1. The second kappa shape index (κ2) is 6.72. The van der Waals surface area contributed by atoms with Crippen molar-refractivity contribution in [2.24, 2.45) is 0 Å². The van der Waals surface area contributed by atoms with Gasteiger partial charge in [-0.15, -0.1) is 0 Å². The number of aliphatic hydroxyl groups excluding tert-OH is 1. The molecule has 0 amide bonds. The van der Waals surface area contributed by atoms with E-state index in [1.54, 1.807) is 12.1 Å². The Balaban J connectivity index is 1.76. The van der Waals surface area contributed by atoms with Gasteiger partial charge in [0.1, 0.15) is 5.69 Å². The Labute approximate surface area is 139 Å². The van der Waals surface area contributed by atoms with Crippen molar-refractivity contribution < 1.29 is 10.0 Å². The van der Waals surface area contributed by atoms with Crippen molar-refractivity contribution in [1.29, 1.82) is 0 Å². The summed E-state index contributed by atoms with van der Waals surface area (Å²) in [4.78, 5) is 14.0. The van der Waals surface area contributed by atoms with Crippen molar-refractivity contribution in [1.82, 2.24) is 4.98 Å². The van der Waals surface area contributed by atoms with Crippen LogP contribution in [0.3, 0.4) is 0 Å². The number of hydrogen-bond donors (Lipinski definition) is 3. The van der Waals surface area contributed by atoms with Gasteiger partial charge in [0.15, 0.2) is 0 Å². The maximum atomic E-state index is 11.1. The van der Waals surface area contributed by atoms with Gasteiger partial charge in [-0.2, -0.15) is 0 Å². The second-order valence-corrected chi connectivity index (χ2v) is 5.75. The fourth-order valence-electron chi connectivity index (χ4n) is 2.88. The zero-order chi connectivity index (χ0) is 17.1. The van der Waals surface area contributed by atoms with Gasteiger partial charge in [-0.1, -0.05) is 18.2 Å². The van der Waals surface area contributed by atoms with Crippen LogP contribution in [-0.2, 0) is 13.0 Å². The van der Waals surface area contributed by atoms with Crippen LogP contribution < -0.4 is 5.32 Å². The lowest BCUT2D eigenvalue weighted by molar-refractivity contribution is -0.384. The summed E-state index contributed by atoms with van der Waals surface area (Å²) in [6, 6.07) is 10.8. The van der Waals surface area contributed by atoms with E-state index in [9.17, 15) is 15.2 Å². The summed E-state index contributed by atoms with van der Waals surface area (Å²) in [5.41, 5.74) is 4.58. The largest absolute Gasteiger partial charge is 0.392 e. The van der Waals surface area contributed by atoms with Crippen LogP contribution in [0, 0.1) is 17.0 Å². The fourth-order valence-corrected chi connectivity index (χ4v) is 2.88. The van der Waals surface area contributed by atoms with Crippen LogP contribution in [0.4, 0.5) is 11.4 Å². The molecule has 0 spiro atoms. The molecule has 2 aromatic carbocycles. The molecule has 3 N–H and O–H groups in total. The minimum Gasteiger partial charge on any atom is -0.392 e. The molecule has 3 aromatic rings. The number of aromatic nitrogens is 1. The summed E-state index contributed by atoms with van der Waals surface area (Å²) in [5.74, 6) is 0. The lowest BCUT2D eigenvalue weighted by atomic mass is 10.1. The molecule has 6 heteroatoms. The summed E-state index contributed by atoms with van der Waals surface area (Å²) in [5, 5.41) is 24.6. The predicted molar refractivity (Wildman–Crippen MR) is 94.2 cm³/mol. The maximum absolute atomic E-state index is 11.1. The van der Waals surface area contributed by atoms with Gasteiger partial charge in [0.25, 0.3) is 5.69 Å². The molecule has 0 atom stereocenters. The van der Waals surface area contributed by atoms with E-state index in [0.29, 0.717) is 17.8 Å². The van der Waals surface area contributed by atoms with Gasteiger partial charge in [-0.3, -0.25) is 10.1 Å². The lowest BCUT2D eigenvalue weighted by Gasteiger charge is -2.08. The van der Waals surface area contributed by atoms with Crippen molar-refractivity contribution in [3.8, 4) is 0 Å². The Morgan fingerprint density at radius 1 is 1.29 bits per heavy atom. The molecule has 0 saturated carbocycles. The van der Waals surface area contributed by atoms with E-state index in [1.807, 2.05) is 12.3 Å². The molecule has 0 radical (unpaired) electrons. The van der Waals surface area contributed by atoms with Gasteiger partial charge in [0, 0.05) is 29.7 Å². The first kappa shape index (κ1) is 16.0. The lowest BCUT2D eigenvalue weighted by Crippen LogP contribution is -2.07. The summed E-state index contributed by atoms with van der Waals surface area (Å²) in [6.45, 7) is 2.48. The van der Waals surface area contributed by atoms with Crippen molar-refractivity contribution in [2.45, 2.75) is 20.0 Å². The third-order valence-electron chi connectivity index (χ3n) is 4.16. The zero-order valence-corrected chi connectivity index (χ0v) is 13.4. The summed E-state index contributed by atoms with van der Waals surface area (Å²) in [7, 11) is 0. The quantitative estimate of drug-likeness (QED) is 0.477. The van der Waals surface area contributed by atoms with Gasteiger partial charge in [-0.05, 0) is 42.2 Å². The van der Waals surface area contributed by atoms with E-state index in [4.69, 9.17) is 0 Å². The Morgan fingerprint density at radius 3 is 2.88 bits per heavy atom. The molecular weight excluding hydrogens is 306 g/mol. The van der Waals surface area contributed by atoms with Gasteiger partial charge in [-0.25, -0.2) is 0 Å². The van der Waals surface area contributed by atoms with Crippen LogP contribution >= 0.6 is 0 Å². The molecular formula is C18H19N3O3. The number of aromatic amines is 1. The van der Waals surface area contributed by atoms with E-state index in [2.05, 4.69) is 29.4 Å². The topological polar surface area (TPSA) is 91.2 Å².